The zero-order valence-corrected chi connectivity index (χ0v) is 14.4. The second-order valence-corrected chi connectivity index (χ2v) is 6.60. The summed E-state index contributed by atoms with van der Waals surface area (Å²) in [5.74, 6) is 1.37. The number of nitrogens with zero attached hydrogens (tertiary/aromatic N) is 1. The third-order valence-electron chi connectivity index (χ3n) is 4.08. The van der Waals surface area contributed by atoms with Crippen LogP contribution in [0.5, 0.6) is 11.5 Å². The highest BCUT2D eigenvalue weighted by atomic mass is 16.5. The number of para-hydroxylation sites is 2. The summed E-state index contributed by atoms with van der Waals surface area (Å²) in [7, 11) is 0. The average Bonchev–Trinajstić information content (AvgIpc) is 2.58. The van der Waals surface area contributed by atoms with Gasteiger partial charge in [-0.25, -0.2) is 0 Å². The number of benzene rings is 2. The van der Waals surface area contributed by atoms with E-state index in [9.17, 15) is 4.79 Å². The molecular formula is C20H23NO3. The predicted molar refractivity (Wildman–Crippen MR) is 94.8 cm³/mol. The molecule has 0 atom stereocenters. The van der Waals surface area contributed by atoms with Gasteiger partial charge in [-0.2, -0.15) is 0 Å². The molecule has 1 aliphatic heterocycles. The zero-order valence-electron chi connectivity index (χ0n) is 14.4. The Morgan fingerprint density at radius 1 is 1.17 bits per heavy atom. The molecule has 2 aromatic rings. The van der Waals surface area contributed by atoms with E-state index in [0.717, 1.165) is 17.9 Å². The highest BCUT2D eigenvalue weighted by Crippen LogP contribution is 2.36. The van der Waals surface area contributed by atoms with Crippen LogP contribution in [0.15, 0.2) is 48.5 Å². The summed E-state index contributed by atoms with van der Waals surface area (Å²) in [6, 6.07) is 15.5. The molecule has 0 aliphatic carbocycles. The molecule has 3 rings (SSSR count). The number of carbonyl (C=O) groups is 1. The number of carbonyl (C=O) groups excluding carboxylic acids is 1. The molecule has 0 aromatic heterocycles. The van der Waals surface area contributed by atoms with Crippen molar-refractivity contribution in [2.45, 2.75) is 32.8 Å². The Morgan fingerprint density at radius 2 is 1.88 bits per heavy atom. The van der Waals surface area contributed by atoms with Gasteiger partial charge in [0.2, 0.25) is 0 Å². The molecule has 4 heteroatoms. The van der Waals surface area contributed by atoms with E-state index >= 15 is 0 Å². The number of fused-ring (bicyclic) bond motifs is 1. The summed E-state index contributed by atoms with van der Waals surface area (Å²) >= 11 is 0. The van der Waals surface area contributed by atoms with Crippen LogP contribution in [0.3, 0.4) is 0 Å². The van der Waals surface area contributed by atoms with Crippen LogP contribution < -0.4 is 14.4 Å². The topological polar surface area (TPSA) is 38.8 Å². The van der Waals surface area contributed by atoms with Crippen molar-refractivity contribution in [3.05, 3.63) is 54.1 Å². The van der Waals surface area contributed by atoms with Crippen molar-refractivity contribution in [1.29, 1.82) is 0 Å². The Balaban J connectivity index is 1.72. The first-order valence-electron chi connectivity index (χ1n) is 8.29. The number of aryl methyl sites for hydroxylation is 1. The SMILES string of the molecule is CCc1ccc(OCC(=O)N2CC(C)(C)Oc3ccccc32)cc1. The molecule has 0 bridgehead atoms. The van der Waals surface area contributed by atoms with Gasteiger partial charge in [0.25, 0.3) is 5.91 Å². The van der Waals surface area contributed by atoms with Crippen LogP contribution >= 0.6 is 0 Å². The van der Waals surface area contributed by atoms with Crippen LogP contribution in [0.2, 0.25) is 0 Å². The molecule has 0 radical (unpaired) electrons. The Labute approximate surface area is 143 Å². The maximum atomic E-state index is 12.7. The lowest BCUT2D eigenvalue weighted by Gasteiger charge is -2.39. The largest absolute Gasteiger partial charge is 0.484 e. The highest BCUT2D eigenvalue weighted by Gasteiger charge is 2.34. The Morgan fingerprint density at radius 3 is 2.58 bits per heavy atom. The molecule has 0 saturated heterocycles. The first-order valence-corrected chi connectivity index (χ1v) is 8.29. The highest BCUT2D eigenvalue weighted by molar-refractivity contribution is 5.96. The van der Waals surface area contributed by atoms with Crippen LogP contribution in [0, 0.1) is 0 Å². The molecule has 0 N–H and O–H groups in total. The summed E-state index contributed by atoms with van der Waals surface area (Å²) in [5.41, 5.74) is 1.62. The van der Waals surface area contributed by atoms with Gasteiger partial charge in [-0.15, -0.1) is 0 Å². The van der Waals surface area contributed by atoms with E-state index in [0.29, 0.717) is 12.3 Å². The van der Waals surface area contributed by atoms with Gasteiger partial charge in [-0.3, -0.25) is 4.79 Å². The van der Waals surface area contributed by atoms with Gasteiger partial charge in [0, 0.05) is 0 Å². The van der Waals surface area contributed by atoms with Crippen molar-refractivity contribution < 1.29 is 14.3 Å². The van der Waals surface area contributed by atoms with E-state index in [1.165, 1.54) is 5.56 Å². The van der Waals surface area contributed by atoms with Crippen LogP contribution in [-0.2, 0) is 11.2 Å². The minimum Gasteiger partial charge on any atom is -0.484 e. The standard InChI is InChI=1S/C20H23NO3/c1-4-15-9-11-16(12-10-15)23-13-19(22)21-14-20(2,3)24-18-8-6-5-7-17(18)21/h5-12H,4,13-14H2,1-3H3. The van der Waals surface area contributed by atoms with E-state index in [1.54, 1.807) is 4.90 Å². The van der Waals surface area contributed by atoms with Gasteiger partial charge in [0.05, 0.1) is 12.2 Å². The number of rotatable bonds is 4. The maximum absolute atomic E-state index is 12.7. The van der Waals surface area contributed by atoms with Crippen molar-refractivity contribution in [2.24, 2.45) is 0 Å². The molecule has 0 unspecified atom stereocenters. The lowest BCUT2D eigenvalue weighted by Crippen LogP contribution is -2.50. The van der Waals surface area contributed by atoms with Gasteiger partial charge in [-0.1, -0.05) is 31.2 Å². The van der Waals surface area contributed by atoms with E-state index in [-0.39, 0.29) is 12.5 Å². The third kappa shape index (κ3) is 3.53. The van der Waals surface area contributed by atoms with Crippen molar-refractivity contribution >= 4 is 11.6 Å². The second-order valence-electron chi connectivity index (χ2n) is 6.60. The van der Waals surface area contributed by atoms with Crippen molar-refractivity contribution in [3.8, 4) is 11.5 Å². The first-order chi connectivity index (χ1) is 11.5. The summed E-state index contributed by atoms with van der Waals surface area (Å²) in [6.45, 7) is 6.58. The summed E-state index contributed by atoms with van der Waals surface area (Å²) in [6.07, 6.45) is 0.985. The van der Waals surface area contributed by atoms with E-state index in [2.05, 4.69) is 6.92 Å². The van der Waals surface area contributed by atoms with Crippen LogP contribution in [-0.4, -0.2) is 24.7 Å². The Hall–Kier alpha value is -2.49. The van der Waals surface area contributed by atoms with Crippen molar-refractivity contribution in [1.82, 2.24) is 0 Å². The quantitative estimate of drug-likeness (QED) is 0.857. The zero-order chi connectivity index (χ0) is 17.2. The fourth-order valence-electron chi connectivity index (χ4n) is 2.83. The molecule has 1 aliphatic rings. The van der Waals surface area contributed by atoms with Gasteiger partial charge >= 0.3 is 0 Å². The molecule has 1 amide bonds. The first kappa shape index (κ1) is 16.4. The van der Waals surface area contributed by atoms with Crippen molar-refractivity contribution in [2.75, 3.05) is 18.1 Å². The van der Waals surface area contributed by atoms with Crippen LogP contribution in [0.4, 0.5) is 5.69 Å². The molecule has 0 saturated carbocycles. The fraction of sp³-hybridized carbons (Fsp3) is 0.350. The lowest BCUT2D eigenvalue weighted by atomic mass is 10.1. The minimum atomic E-state index is -0.424. The molecule has 0 spiro atoms. The van der Waals surface area contributed by atoms with Gasteiger partial charge < -0.3 is 14.4 Å². The van der Waals surface area contributed by atoms with Gasteiger partial charge in [0.15, 0.2) is 6.61 Å². The maximum Gasteiger partial charge on any atom is 0.265 e. The van der Waals surface area contributed by atoms with E-state index in [4.69, 9.17) is 9.47 Å². The number of ether oxygens (including phenoxy) is 2. The molecule has 4 nitrogen and oxygen atoms in total. The molecule has 2 aromatic carbocycles. The average molecular weight is 325 g/mol. The second kappa shape index (κ2) is 6.56. The molecular weight excluding hydrogens is 302 g/mol. The predicted octanol–water partition coefficient (Wildman–Crippen LogP) is 3.83. The lowest BCUT2D eigenvalue weighted by molar-refractivity contribution is -0.121. The Bertz CT molecular complexity index is 722. The summed E-state index contributed by atoms with van der Waals surface area (Å²) < 4.78 is 11.6. The van der Waals surface area contributed by atoms with E-state index in [1.807, 2.05) is 62.4 Å². The smallest absolute Gasteiger partial charge is 0.265 e. The van der Waals surface area contributed by atoms with E-state index < -0.39 is 5.60 Å². The monoisotopic (exact) mass is 325 g/mol. The normalized spacial score (nSPS) is 15.4. The minimum absolute atomic E-state index is 0.00981. The van der Waals surface area contributed by atoms with Gasteiger partial charge in [0.1, 0.15) is 17.1 Å². The van der Waals surface area contributed by atoms with Crippen molar-refractivity contribution in [3.63, 3.8) is 0 Å². The summed E-state index contributed by atoms with van der Waals surface area (Å²) in [4.78, 5) is 14.4. The van der Waals surface area contributed by atoms with Crippen LogP contribution in [0.25, 0.3) is 0 Å². The van der Waals surface area contributed by atoms with Gasteiger partial charge in [-0.05, 0) is 50.1 Å². The molecule has 126 valence electrons. The molecule has 24 heavy (non-hydrogen) atoms. The number of hydrogen-bond donors (Lipinski definition) is 0. The Kier molecular flexibility index (Phi) is 4.47. The number of anilines is 1. The number of amides is 1. The summed E-state index contributed by atoms with van der Waals surface area (Å²) in [5, 5.41) is 0. The van der Waals surface area contributed by atoms with Crippen LogP contribution in [0.1, 0.15) is 26.3 Å². The molecule has 1 heterocycles. The molecule has 0 fully saturated rings. The fourth-order valence-corrected chi connectivity index (χ4v) is 2.83. The number of hydrogen-bond acceptors (Lipinski definition) is 3. The third-order valence-corrected chi connectivity index (χ3v) is 4.08.